The van der Waals surface area contributed by atoms with Crippen LogP contribution in [0.1, 0.15) is 31.2 Å². The third-order valence-corrected chi connectivity index (χ3v) is 7.77. The molecule has 1 saturated heterocycles. The van der Waals surface area contributed by atoms with E-state index in [0.717, 1.165) is 11.2 Å². The van der Waals surface area contributed by atoms with Crippen LogP contribution in [0.2, 0.25) is 0 Å². The minimum Gasteiger partial charge on any atom is -0.348 e. The van der Waals surface area contributed by atoms with Gasteiger partial charge in [-0.05, 0) is 37.5 Å². The standard InChI is InChI=1S/C21H25N5O3S/c1-2-30(28,29)25-14-11-21(12-15-25,17-8-4-3-5-9-17)20(27)22-16-19-24-23-18-10-6-7-13-26(18)19/h3-10,13H,2,11-12,14-16H2,1H3,(H,22,27). The summed E-state index contributed by atoms with van der Waals surface area (Å²) < 4.78 is 27.9. The van der Waals surface area contributed by atoms with Gasteiger partial charge in [0.05, 0.1) is 17.7 Å². The molecule has 2 aromatic heterocycles. The Morgan fingerprint density at radius 2 is 1.77 bits per heavy atom. The van der Waals surface area contributed by atoms with Crippen LogP contribution in [0.4, 0.5) is 0 Å². The molecule has 0 spiro atoms. The number of carbonyl (C=O) groups excluding carboxylic acids is 1. The monoisotopic (exact) mass is 427 g/mol. The first-order valence-electron chi connectivity index (χ1n) is 10.1. The van der Waals surface area contributed by atoms with Gasteiger partial charge in [-0.15, -0.1) is 10.2 Å². The molecule has 30 heavy (non-hydrogen) atoms. The number of nitrogens with zero attached hydrogens (tertiary/aromatic N) is 4. The fourth-order valence-corrected chi connectivity index (χ4v) is 5.18. The number of carbonyl (C=O) groups is 1. The molecule has 4 rings (SSSR count). The summed E-state index contributed by atoms with van der Waals surface area (Å²) in [6, 6.07) is 15.2. The van der Waals surface area contributed by atoms with Gasteiger partial charge in [0.25, 0.3) is 0 Å². The van der Waals surface area contributed by atoms with Crippen molar-refractivity contribution in [2.24, 2.45) is 0 Å². The second-order valence-corrected chi connectivity index (χ2v) is 9.73. The van der Waals surface area contributed by atoms with Crippen LogP contribution >= 0.6 is 0 Å². The van der Waals surface area contributed by atoms with Gasteiger partial charge in [0.1, 0.15) is 0 Å². The van der Waals surface area contributed by atoms with Gasteiger partial charge in [-0.25, -0.2) is 12.7 Å². The topological polar surface area (TPSA) is 96.7 Å². The van der Waals surface area contributed by atoms with E-state index < -0.39 is 15.4 Å². The molecular weight excluding hydrogens is 402 g/mol. The lowest BCUT2D eigenvalue weighted by Gasteiger charge is -2.40. The van der Waals surface area contributed by atoms with E-state index in [4.69, 9.17) is 0 Å². The van der Waals surface area contributed by atoms with E-state index >= 15 is 0 Å². The van der Waals surface area contributed by atoms with Crippen LogP contribution in [0.15, 0.2) is 54.7 Å². The number of aromatic nitrogens is 3. The number of nitrogens with one attached hydrogen (secondary N) is 1. The maximum atomic E-state index is 13.4. The Morgan fingerprint density at radius 3 is 2.47 bits per heavy atom. The van der Waals surface area contributed by atoms with Gasteiger partial charge in [0.2, 0.25) is 15.9 Å². The van der Waals surface area contributed by atoms with Gasteiger partial charge in [-0.2, -0.15) is 0 Å². The average Bonchev–Trinajstić information content (AvgIpc) is 3.21. The van der Waals surface area contributed by atoms with Crippen molar-refractivity contribution in [3.8, 4) is 0 Å². The number of piperidine rings is 1. The van der Waals surface area contributed by atoms with Gasteiger partial charge in [0.15, 0.2) is 11.5 Å². The second kappa shape index (κ2) is 8.16. The molecule has 0 unspecified atom stereocenters. The average molecular weight is 428 g/mol. The summed E-state index contributed by atoms with van der Waals surface area (Å²) in [7, 11) is -3.27. The van der Waals surface area contributed by atoms with Gasteiger partial charge < -0.3 is 5.32 Å². The number of hydrogen-bond donors (Lipinski definition) is 1. The van der Waals surface area contributed by atoms with E-state index in [2.05, 4.69) is 15.5 Å². The Labute approximate surface area is 176 Å². The van der Waals surface area contributed by atoms with Crippen molar-refractivity contribution in [3.05, 3.63) is 66.1 Å². The van der Waals surface area contributed by atoms with E-state index in [0.29, 0.717) is 31.8 Å². The van der Waals surface area contributed by atoms with Crippen LogP contribution in [0.5, 0.6) is 0 Å². The molecule has 3 aromatic rings. The Morgan fingerprint density at radius 1 is 1.07 bits per heavy atom. The van der Waals surface area contributed by atoms with Crippen LogP contribution in [0, 0.1) is 0 Å². The van der Waals surface area contributed by atoms with E-state index in [1.54, 1.807) is 6.92 Å². The second-order valence-electron chi connectivity index (χ2n) is 7.48. The van der Waals surface area contributed by atoms with Crippen molar-refractivity contribution >= 4 is 21.6 Å². The smallest absolute Gasteiger partial charge is 0.231 e. The molecule has 1 aliphatic heterocycles. The predicted molar refractivity (Wildman–Crippen MR) is 113 cm³/mol. The van der Waals surface area contributed by atoms with Crippen LogP contribution in [0.25, 0.3) is 5.65 Å². The molecule has 8 nitrogen and oxygen atoms in total. The van der Waals surface area contributed by atoms with E-state index in [9.17, 15) is 13.2 Å². The van der Waals surface area contributed by atoms with Crippen LogP contribution in [-0.4, -0.2) is 52.1 Å². The predicted octanol–water partition coefficient (Wildman–Crippen LogP) is 1.73. The lowest BCUT2D eigenvalue weighted by molar-refractivity contribution is -0.128. The molecule has 0 aliphatic carbocycles. The highest BCUT2D eigenvalue weighted by molar-refractivity contribution is 7.89. The van der Waals surface area contributed by atoms with E-state index in [-0.39, 0.29) is 18.2 Å². The van der Waals surface area contributed by atoms with Crippen LogP contribution < -0.4 is 5.32 Å². The number of sulfonamides is 1. The summed E-state index contributed by atoms with van der Waals surface area (Å²) in [4.78, 5) is 13.4. The molecule has 1 N–H and O–H groups in total. The number of amides is 1. The Kier molecular flexibility index (Phi) is 5.57. The lowest BCUT2D eigenvalue weighted by atomic mass is 9.72. The number of rotatable bonds is 6. The highest BCUT2D eigenvalue weighted by atomic mass is 32.2. The molecule has 9 heteroatoms. The van der Waals surface area contributed by atoms with Crippen molar-refractivity contribution in [2.45, 2.75) is 31.7 Å². The van der Waals surface area contributed by atoms with Crippen molar-refractivity contribution in [2.75, 3.05) is 18.8 Å². The third kappa shape index (κ3) is 3.70. The molecule has 1 fully saturated rings. The van der Waals surface area contributed by atoms with Gasteiger partial charge in [-0.3, -0.25) is 9.20 Å². The fraction of sp³-hybridized carbons (Fsp3) is 0.381. The van der Waals surface area contributed by atoms with Crippen molar-refractivity contribution in [1.29, 1.82) is 0 Å². The van der Waals surface area contributed by atoms with Crippen molar-refractivity contribution in [1.82, 2.24) is 24.2 Å². The maximum absolute atomic E-state index is 13.4. The first-order chi connectivity index (χ1) is 14.5. The summed E-state index contributed by atoms with van der Waals surface area (Å²) >= 11 is 0. The van der Waals surface area contributed by atoms with Gasteiger partial charge in [-0.1, -0.05) is 36.4 Å². The van der Waals surface area contributed by atoms with Crippen molar-refractivity contribution in [3.63, 3.8) is 0 Å². The summed E-state index contributed by atoms with van der Waals surface area (Å²) in [5.74, 6) is 0.598. The number of fused-ring (bicyclic) bond motifs is 1. The summed E-state index contributed by atoms with van der Waals surface area (Å²) in [6.45, 7) is 2.54. The molecule has 0 bridgehead atoms. The van der Waals surface area contributed by atoms with Crippen LogP contribution in [0.3, 0.4) is 0 Å². The summed E-state index contributed by atoms with van der Waals surface area (Å²) in [5.41, 5.74) is 0.848. The SMILES string of the molecule is CCS(=O)(=O)N1CCC(C(=O)NCc2nnc3ccccn23)(c2ccccc2)CC1. The zero-order valence-electron chi connectivity index (χ0n) is 16.9. The highest BCUT2D eigenvalue weighted by Gasteiger charge is 2.44. The zero-order chi connectivity index (χ0) is 21.2. The van der Waals surface area contributed by atoms with E-state index in [1.807, 2.05) is 59.1 Å². The van der Waals surface area contributed by atoms with Gasteiger partial charge >= 0.3 is 0 Å². The third-order valence-electron chi connectivity index (χ3n) is 5.89. The fourth-order valence-electron chi connectivity index (χ4n) is 4.07. The highest BCUT2D eigenvalue weighted by Crippen LogP contribution is 2.36. The summed E-state index contributed by atoms with van der Waals surface area (Å²) in [5, 5.41) is 11.3. The summed E-state index contributed by atoms with van der Waals surface area (Å²) in [6.07, 6.45) is 2.73. The maximum Gasteiger partial charge on any atom is 0.231 e. The van der Waals surface area contributed by atoms with Crippen molar-refractivity contribution < 1.29 is 13.2 Å². The quantitative estimate of drug-likeness (QED) is 0.646. The molecular formula is C21H25N5O3S. The number of hydrogen-bond acceptors (Lipinski definition) is 5. The molecule has 158 valence electrons. The Bertz CT molecular complexity index is 1140. The number of pyridine rings is 1. The molecule has 1 aromatic carbocycles. The van der Waals surface area contributed by atoms with E-state index in [1.165, 1.54) is 4.31 Å². The zero-order valence-corrected chi connectivity index (χ0v) is 17.7. The molecule has 0 radical (unpaired) electrons. The molecule has 1 aliphatic rings. The van der Waals surface area contributed by atoms with Gasteiger partial charge in [0, 0.05) is 19.3 Å². The Balaban J connectivity index is 1.57. The first-order valence-corrected chi connectivity index (χ1v) is 11.7. The minimum absolute atomic E-state index is 0.0670. The Hall–Kier alpha value is -2.78. The minimum atomic E-state index is -3.27. The number of benzene rings is 1. The molecule has 1 amide bonds. The first kappa shape index (κ1) is 20.5. The molecule has 0 atom stereocenters. The van der Waals surface area contributed by atoms with Crippen LogP contribution in [-0.2, 0) is 26.8 Å². The molecule has 0 saturated carbocycles. The normalized spacial score (nSPS) is 17.1. The molecule has 3 heterocycles. The lowest BCUT2D eigenvalue weighted by Crippen LogP contribution is -2.52. The largest absolute Gasteiger partial charge is 0.348 e.